The minimum Gasteiger partial charge on any atom is -0.501 e. The molecule has 14 heavy (non-hydrogen) atoms. The summed E-state index contributed by atoms with van der Waals surface area (Å²) in [5, 5.41) is 33.5. The molecule has 0 saturated heterocycles. The molecule has 0 aliphatic heterocycles. The predicted octanol–water partition coefficient (Wildman–Crippen LogP) is -0.391. The largest absolute Gasteiger partial charge is 0.501 e. The third kappa shape index (κ3) is 3.39. The van der Waals surface area contributed by atoms with Gasteiger partial charge < -0.3 is 20.4 Å². The predicted molar refractivity (Wildman–Crippen MR) is 41.7 cm³/mol. The van der Waals surface area contributed by atoms with E-state index in [9.17, 15) is 14.4 Å². The Hall–Kier alpha value is -2.31. The minimum absolute atomic E-state index is 0.405. The maximum absolute atomic E-state index is 10.3. The Morgan fingerprint density at radius 2 is 1.29 bits per heavy atom. The lowest BCUT2D eigenvalue weighted by Crippen LogP contribution is -2.09. The molecule has 7 nitrogen and oxygen atoms in total. The van der Waals surface area contributed by atoms with Gasteiger partial charge in [-0.15, -0.1) is 0 Å². The molecular formula is C7H6O7. The summed E-state index contributed by atoms with van der Waals surface area (Å²) >= 11 is 0. The molecule has 4 N–H and O–H groups in total. The maximum atomic E-state index is 10.3. The van der Waals surface area contributed by atoms with E-state index in [0.29, 0.717) is 12.2 Å². The Bertz CT molecular complexity index is 336. The Morgan fingerprint density at radius 3 is 1.57 bits per heavy atom. The first kappa shape index (κ1) is 11.7. The lowest BCUT2D eigenvalue weighted by atomic mass is 10.2. The number of rotatable bonds is 4. The molecule has 0 heterocycles. The fraction of sp³-hybridized carbons (Fsp3) is 0. The van der Waals surface area contributed by atoms with Crippen LogP contribution in [0.5, 0.6) is 0 Å². The van der Waals surface area contributed by atoms with Gasteiger partial charge in [0.05, 0.1) is 0 Å². The van der Waals surface area contributed by atoms with Crippen LogP contribution in [-0.2, 0) is 14.4 Å². The number of aliphatic hydroxyl groups is 1. The van der Waals surface area contributed by atoms with Gasteiger partial charge >= 0.3 is 17.9 Å². The fourth-order valence-corrected chi connectivity index (χ4v) is 0.521. The molecule has 0 radical (unpaired) electrons. The number of hydrogen-bond acceptors (Lipinski definition) is 4. The zero-order chi connectivity index (χ0) is 11.3. The highest BCUT2D eigenvalue weighted by atomic mass is 16.4. The molecule has 0 rings (SSSR count). The fourth-order valence-electron chi connectivity index (χ4n) is 0.521. The van der Waals surface area contributed by atoms with Crippen LogP contribution >= 0.6 is 0 Å². The van der Waals surface area contributed by atoms with E-state index < -0.39 is 29.2 Å². The SMILES string of the molecule is O=C(O)C=C/C(C(=O)O)=C(\O)C(=O)O. The molecule has 0 saturated carbocycles. The van der Waals surface area contributed by atoms with Crippen molar-refractivity contribution in [3.63, 3.8) is 0 Å². The van der Waals surface area contributed by atoms with Crippen molar-refractivity contribution >= 4 is 17.9 Å². The Morgan fingerprint density at radius 1 is 0.786 bits per heavy atom. The molecule has 0 bridgehead atoms. The summed E-state index contributed by atoms with van der Waals surface area (Å²) in [5.74, 6) is -6.46. The Labute approximate surface area is 77.2 Å². The first-order chi connectivity index (χ1) is 6.36. The van der Waals surface area contributed by atoms with Gasteiger partial charge in [-0.2, -0.15) is 0 Å². The van der Waals surface area contributed by atoms with Gasteiger partial charge in [0.2, 0.25) is 5.76 Å². The van der Waals surface area contributed by atoms with Crippen molar-refractivity contribution in [3.05, 3.63) is 23.5 Å². The molecule has 0 aromatic heterocycles. The quantitative estimate of drug-likeness (QED) is 0.277. The summed E-state index contributed by atoms with van der Waals surface area (Å²) in [6.45, 7) is 0. The minimum atomic E-state index is -1.85. The van der Waals surface area contributed by atoms with Gasteiger partial charge in [-0.3, -0.25) is 0 Å². The van der Waals surface area contributed by atoms with Crippen LogP contribution in [-0.4, -0.2) is 38.3 Å². The van der Waals surface area contributed by atoms with Gasteiger partial charge in [-0.05, 0) is 6.08 Å². The van der Waals surface area contributed by atoms with Crippen LogP contribution in [0.25, 0.3) is 0 Å². The van der Waals surface area contributed by atoms with Crippen molar-refractivity contribution in [3.8, 4) is 0 Å². The number of aliphatic carboxylic acids is 3. The zero-order valence-electron chi connectivity index (χ0n) is 6.67. The van der Waals surface area contributed by atoms with E-state index in [2.05, 4.69) is 0 Å². The van der Waals surface area contributed by atoms with Crippen molar-refractivity contribution in [2.75, 3.05) is 0 Å². The molecule has 0 atom stereocenters. The van der Waals surface area contributed by atoms with Gasteiger partial charge in [0.25, 0.3) is 0 Å². The molecule has 7 heteroatoms. The lowest BCUT2D eigenvalue weighted by Gasteiger charge is -1.96. The molecule has 76 valence electrons. The van der Waals surface area contributed by atoms with Crippen LogP contribution in [0.15, 0.2) is 23.5 Å². The highest BCUT2D eigenvalue weighted by Gasteiger charge is 2.16. The van der Waals surface area contributed by atoms with Crippen LogP contribution < -0.4 is 0 Å². The highest BCUT2D eigenvalue weighted by Crippen LogP contribution is 2.04. The van der Waals surface area contributed by atoms with Crippen molar-refractivity contribution in [2.24, 2.45) is 0 Å². The summed E-state index contributed by atoms with van der Waals surface area (Å²) in [6, 6.07) is 0. The van der Waals surface area contributed by atoms with Gasteiger partial charge in [-0.25, -0.2) is 14.4 Å². The van der Waals surface area contributed by atoms with Crippen molar-refractivity contribution < 1.29 is 34.8 Å². The first-order valence-electron chi connectivity index (χ1n) is 3.17. The number of carboxylic acids is 3. The second kappa shape index (κ2) is 4.65. The molecular weight excluding hydrogens is 196 g/mol. The number of carbonyl (C=O) groups is 3. The molecule has 0 aliphatic carbocycles. The lowest BCUT2D eigenvalue weighted by molar-refractivity contribution is -0.138. The smallest absolute Gasteiger partial charge is 0.371 e. The van der Waals surface area contributed by atoms with E-state index in [4.69, 9.17) is 20.4 Å². The first-order valence-corrected chi connectivity index (χ1v) is 3.17. The summed E-state index contributed by atoms with van der Waals surface area (Å²) in [5.41, 5.74) is -1.00. The number of aliphatic hydroxyl groups excluding tert-OH is 1. The van der Waals surface area contributed by atoms with E-state index >= 15 is 0 Å². The van der Waals surface area contributed by atoms with Crippen LogP contribution in [0.1, 0.15) is 0 Å². The Kier molecular flexibility index (Phi) is 3.88. The second-order valence-corrected chi connectivity index (χ2v) is 2.04. The second-order valence-electron chi connectivity index (χ2n) is 2.04. The van der Waals surface area contributed by atoms with Crippen LogP contribution in [0.3, 0.4) is 0 Å². The molecule has 0 unspecified atom stereocenters. The van der Waals surface area contributed by atoms with Gasteiger partial charge in [0.15, 0.2) is 0 Å². The number of carboxylic acid groups (broad SMARTS) is 3. The van der Waals surface area contributed by atoms with E-state index in [-0.39, 0.29) is 0 Å². The molecule has 0 aromatic rings. The van der Waals surface area contributed by atoms with E-state index in [1.54, 1.807) is 0 Å². The monoisotopic (exact) mass is 202 g/mol. The molecule has 0 aliphatic rings. The zero-order valence-corrected chi connectivity index (χ0v) is 6.67. The van der Waals surface area contributed by atoms with E-state index in [0.717, 1.165) is 0 Å². The third-order valence-corrected chi connectivity index (χ3v) is 1.08. The standard InChI is InChI=1S/C7H6O7/c8-4(9)2-1-3(6(11)12)5(10)7(13)14/h1-2,10H,(H,8,9)(H,11,12)(H,13,14)/b2-1?,5-3+. The summed E-state index contributed by atoms with van der Waals surface area (Å²) in [6.07, 6.45) is 0.886. The van der Waals surface area contributed by atoms with Crippen LogP contribution in [0, 0.1) is 0 Å². The van der Waals surface area contributed by atoms with Gasteiger partial charge in [0.1, 0.15) is 5.57 Å². The molecule has 0 aromatic carbocycles. The van der Waals surface area contributed by atoms with Gasteiger partial charge in [-0.1, -0.05) is 0 Å². The summed E-state index contributed by atoms with van der Waals surface area (Å²) in [4.78, 5) is 30.5. The molecule has 0 fully saturated rings. The average Bonchev–Trinajstić information content (AvgIpc) is 2.02. The highest BCUT2D eigenvalue weighted by molar-refractivity contribution is 6.00. The van der Waals surface area contributed by atoms with Crippen molar-refractivity contribution in [2.45, 2.75) is 0 Å². The molecule has 0 spiro atoms. The third-order valence-electron chi connectivity index (χ3n) is 1.08. The number of hydrogen-bond donors (Lipinski definition) is 4. The van der Waals surface area contributed by atoms with E-state index in [1.165, 1.54) is 0 Å². The Balaban J connectivity index is 5.16. The maximum Gasteiger partial charge on any atom is 0.371 e. The average molecular weight is 202 g/mol. The van der Waals surface area contributed by atoms with Crippen molar-refractivity contribution in [1.82, 2.24) is 0 Å². The van der Waals surface area contributed by atoms with Crippen molar-refractivity contribution in [1.29, 1.82) is 0 Å². The van der Waals surface area contributed by atoms with Gasteiger partial charge in [0, 0.05) is 6.08 Å². The van der Waals surface area contributed by atoms with Crippen LogP contribution in [0.2, 0.25) is 0 Å². The molecule has 0 amide bonds. The summed E-state index contributed by atoms with van der Waals surface area (Å²) in [7, 11) is 0. The van der Waals surface area contributed by atoms with E-state index in [1.807, 2.05) is 0 Å². The summed E-state index contributed by atoms with van der Waals surface area (Å²) < 4.78 is 0. The normalized spacial score (nSPS) is 12.3. The topological polar surface area (TPSA) is 132 Å². The van der Waals surface area contributed by atoms with Crippen LogP contribution in [0.4, 0.5) is 0 Å².